The predicted octanol–water partition coefficient (Wildman–Crippen LogP) is 2.32. The molecule has 6 heteroatoms. The highest BCUT2D eigenvalue weighted by Crippen LogP contribution is 2.34. The third-order valence-corrected chi connectivity index (χ3v) is 4.72. The summed E-state index contributed by atoms with van der Waals surface area (Å²) in [7, 11) is 0. The van der Waals surface area contributed by atoms with E-state index < -0.39 is 0 Å². The Balaban J connectivity index is 2.31. The molecule has 2 aromatic rings. The number of amides is 1. The maximum atomic E-state index is 12.4. The number of aromatic nitrogens is 1. The van der Waals surface area contributed by atoms with E-state index in [0.717, 1.165) is 15.8 Å². The monoisotopic (exact) mass is 307 g/mol. The van der Waals surface area contributed by atoms with Crippen molar-refractivity contribution in [1.29, 1.82) is 0 Å². The summed E-state index contributed by atoms with van der Waals surface area (Å²) in [6, 6.07) is 1.82. The standard InChI is InChI=1S/C15H21N3O2S/c1-8(2)10(5-7-19)18-14(20)13-12(16)11-9(3)4-6-17-15(11)21-13/h4,6,8,10,19H,5,7,16H2,1-3H3,(H,18,20). The zero-order valence-electron chi connectivity index (χ0n) is 12.5. The minimum absolute atomic E-state index is 0.0473. The van der Waals surface area contributed by atoms with Crippen LogP contribution >= 0.6 is 11.3 Å². The largest absolute Gasteiger partial charge is 0.397 e. The second-order valence-corrected chi connectivity index (χ2v) is 6.49. The molecule has 2 rings (SSSR count). The number of aliphatic hydroxyl groups is 1. The molecule has 1 amide bonds. The fourth-order valence-electron chi connectivity index (χ4n) is 2.32. The number of hydrogen-bond acceptors (Lipinski definition) is 5. The summed E-state index contributed by atoms with van der Waals surface area (Å²) < 4.78 is 0. The van der Waals surface area contributed by atoms with Crippen LogP contribution in [0.1, 0.15) is 35.5 Å². The summed E-state index contributed by atoms with van der Waals surface area (Å²) in [5.41, 5.74) is 7.63. The molecule has 1 unspecified atom stereocenters. The summed E-state index contributed by atoms with van der Waals surface area (Å²) in [5.74, 6) is 0.0543. The molecule has 0 fully saturated rings. The molecule has 21 heavy (non-hydrogen) atoms. The normalized spacial score (nSPS) is 12.8. The molecule has 0 aliphatic heterocycles. The molecular weight excluding hydrogens is 286 g/mol. The molecule has 0 aliphatic rings. The highest BCUT2D eigenvalue weighted by molar-refractivity contribution is 7.21. The van der Waals surface area contributed by atoms with Crippen LogP contribution in [0.25, 0.3) is 10.2 Å². The molecule has 0 bridgehead atoms. The average molecular weight is 307 g/mol. The average Bonchev–Trinajstić information content (AvgIpc) is 2.77. The Bertz CT molecular complexity index is 652. The van der Waals surface area contributed by atoms with Gasteiger partial charge in [-0.05, 0) is 30.9 Å². The Morgan fingerprint density at radius 2 is 2.24 bits per heavy atom. The zero-order chi connectivity index (χ0) is 15.6. The van der Waals surface area contributed by atoms with Crippen LogP contribution in [0.15, 0.2) is 12.3 Å². The van der Waals surface area contributed by atoms with Gasteiger partial charge in [0.1, 0.15) is 9.71 Å². The van der Waals surface area contributed by atoms with Gasteiger partial charge in [0.15, 0.2) is 0 Å². The van der Waals surface area contributed by atoms with Gasteiger partial charge < -0.3 is 16.2 Å². The van der Waals surface area contributed by atoms with E-state index in [9.17, 15) is 4.79 Å². The van der Waals surface area contributed by atoms with Crippen molar-refractivity contribution in [2.45, 2.75) is 33.2 Å². The third kappa shape index (κ3) is 3.16. The van der Waals surface area contributed by atoms with Crippen LogP contribution in [0.5, 0.6) is 0 Å². The van der Waals surface area contributed by atoms with Crippen molar-refractivity contribution >= 4 is 33.1 Å². The first-order valence-corrected chi connectivity index (χ1v) is 7.82. The lowest BCUT2D eigenvalue weighted by Gasteiger charge is -2.21. The van der Waals surface area contributed by atoms with Gasteiger partial charge in [0, 0.05) is 24.2 Å². The summed E-state index contributed by atoms with van der Waals surface area (Å²) in [6.07, 6.45) is 2.25. The van der Waals surface area contributed by atoms with Crippen LogP contribution in [0.2, 0.25) is 0 Å². The van der Waals surface area contributed by atoms with Crippen molar-refractivity contribution in [3.8, 4) is 0 Å². The Labute approximate surface area is 128 Å². The first-order valence-electron chi connectivity index (χ1n) is 7.01. The third-order valence-electron chi connectivity index (χ3n) is 3.60. The van der Waals surface area contributed by atoms with Crippen LogP contribution in [-0.2, 0) is 0 Å². The molecule has 0 radical (unpaired) electrons. The highest BCUT2D eigenvalue weighted by atomic mass is 32.1. The van der Waals surface area contributed by atoms with E-state index in [-0.39, 0.29) is 24.5 Å². The molecule has 2 heterocycles. The summed E-state index contributed by atoms with van der Waals surface area (Å²) in [5, 5.41) is 12.9. The topological polar surface area (TPSA) is 88.2 Å². The lowest BCUT2D eigenvalue weighted by Crippen LogP contribution is -2.39. The molecule has 5 nitrogen and oxygen atoms in total. The number of nitrogens with one attached hydrogen (secondary N) is 1. The molecule has 0 aromatic carbocycles. The van der Waals surface area contributed by atoms with Gasteiger partial charge in [0.2, 0.25) is 0 Å². The number of fused-ring (bicyclic) bond motifs is 1. The van der Waals surface area contributed by atoms with Gasteiger partial charge in [-0.2, -0.15) is 0 Å². The number of carbonyl (C=O) groups excluding carboxylic acids is 1. The number of nitrogens with two attached hydrogens (primary N) is 1. The van der Waals surface area contributed by atoms with E-state index >= 15 is 0 Å². The first-order chi connectivity index (χ1) is 9.95. The van der Waals surface area contributed by atoms with Crippen molar-refractivity contribution in [2.24, 2.45) is 5.92 Å². The van der Waals surface area contributed by atoms with Crippen molar-refractivity contribution in [2.75, 3.05) is 12.3 Å². The Hall–Kier alpha value is -1.66. The van der Waals surface area contributed by atoms with E-state index in [2.05, 4.69) is 10.3 Å². The lowest BCUT2D eigenvalue weighted by atomic mass is 10.0. The van der Waals surface area contributed by atoms with Gasteiger partial charge in [-0.1, -0.05) is 13.8 Å². The number of carbonyl (C=O) groups is 1. The second kappa shape index (κ2) is 6.41. The van der Waals surface area contributed by atoms with Crippen molar-refractivity contribution in [1.82, 2.24) is 10.3 Å². The highest BCUT2D eigenvalue weighted by Gasteiger charge is 2.22. The van der Waals surface area contributed by atoms with E-state index in [1.54, 1.807) is 6.20 Å². The smallest absolute Gasteiger partial charge is 0.263 e. The lowest BCUT2D eigenvalue weighted by molar-refractivity contribution is 0.0921. The van der Waals surface area contributed by atoms with Gasteiger partial charge in [0.05, 0.1) is 5.69 Å². The van der Waals surface area contributed by atoms with Crippen LogP contribution in [-0.4, -0.2) is 28.6 Å². The van der Waals surface area contributed by atoms with Crippen molar-refractivity contribution < 1.29 is 9.90 Å². The second-order valence-electron chi connectivity index (χ2n) is 5.49. The summed E-state index contributed by atoms with van der Waals surface area (Å²) in [6.45, 7) is 6.03. The van der Waals surface area contributed by atoms with Crippen LogP contribution in [0.4, 0.5) is 5.69 Å². The molecule has 114 valence electrons. The fraction of sp³-hybridized carbons (Fsp3) is 0.467. The van der Waals surface area contributed by atoms with Crippen LogP contribution in [0.3, 0.4) is 0 Å². The van der Waals surface area contributed by atoms with E-state index in [4.69, 9.17) is 10.8 Å². The van der Waals surface area contributed by atoms with Gasteiger partial charge in [-0.15, -0.1) is 11.3 Å². The molecule has 2 aromatic heterocycles. The molecule has 0 aliphatic carbocycles. The van der Waals surface area contributed by atoms with Gasteiger partial charge in [-0.25, -0.2) is 4.98 Å². The molecule has 1 atom stereocenters. The number of rotatable bonds is 5. The van der Waals surface area contributed by atoms with Gasteiger partial charge >= 0.3 is 0 Å². The van der Waals surface area contributed by atoms with E-state index in [1.165, 1.54) is 11.3 Å². The summed E-state index contributed by atoms with van der Waals surface area (Å²) in [4.78, 5) is 18.0. The number of nitrogen functional groups attached to an aromatic ring is 1. The van der Waals surface area contributed by atoms with E-state index in [0.29, 0.717) is 17.0 Å². The molecule has 0 spiro atoms. The molecular formula is C15H21N3O2S. The van der Waals surface area contributed by atoms with Gasteiger partial charge in [-0.3, -0.25) is 4.79 Å². The number of nitrogens with zero attached hydrogens (tertiary/aromatic N) is 1. The number of hydrogen-bond donors (Lipinski definition) is 3. The quantitative estimate of drug-likeness (QED) is 0.791. The maximum Gasteiger partial charge on any atom is 0.263 e. The number of aryl methyl sites for hydroxylation is 1. The SMILES string of the molecule is Cc1ccnc2sc(C(=O)NC(CCO)C(C)C)c(N)c12. The van der Waals surface area contributed by atoms with Gasteiger partial charge in [0.25, 0.3) is 5.91 Å². The van der Waals surface area contributed by atoms with Crippen LogP contribution in [0, 0.1) is 12.8 Å². The number of aliphatic hydroxyl groups excluding tert-OH is 1. The summed E-state index contributed by atoms with van der Waals surface area (Å²) >= 11 is 1.31. The maximum absolute atomic E-state index is 12.4. The number of anilines is 1. The molecule has 0 saturated carbocycles. The first kappa shape index (κ1) is 15.7. The Kier molecular flexibility index (Phi) is 4.80. The minimum atomic E-state index is -0.193. The molecule has 0 saturated heterocycles. The van der Waals surface area contributed by atoms with Crippen LogP contribution < -0.4 is 11.1 Å². The molecule has 4 N–H and O–H groups in total. The minimum Gasteiger partial charge on any atom is -0.397 e. The van der Waals surface area contributed by atoms with Crippen molar-refractivity contribution in [3.63, 3.8) is 0 Å². The zero-order valence-corrected chi connectivity index (χ0v) is 13.3. The Morgan fingerprint density at radius 1 is 1.52 bits per heavy atom. The van der Waals surface area contributed by atoms with Crippen molar-refractivity contribution in [3.05, 3.63) is 22.7 Å². The Morgan fingerprint density at radius 3 is 2.81 bits per heavy atom. The predicted molar refractivity (Wildman–Crippen MR) is 86.6 cm³/mol. The number of pyridine rings is 1. The number of thiophene rings is 1. The fourth-order valence-corrected chi connectivity index (χ4v) is 3.36. The van der Waals surface area contributed by atoms with E-state index in [1.807, 2.05) is 26.8 Å².